The number of carboxylic acids is 1. The second kappa shape index (κ2) is 6.49. The molecule has 0 spiro atoms. The molecule has 0 radical (unpaired) electrons. The van der Waals surface area contributed by atoms with E-state index in [9.17, 15) is 18.4 Å². The van der Waals surface area contributed by atoms with Crippen LogP contribution in [0.3, 0.4) is 0 Å². The summed E-state index contributed by atoms with van der Waals surface area (Å²) in [5, 5.41) is 11.2. The summed E-state index contributed by atoms with van der Waals surface area (Å²) in [5.74, 6) is -2.68. The summed E-state index contributed by atoms with van der Waals surface area (Å²) in [6.07, 6.45) is -0.259. The highest BCUT2D eigenvalue weighted by atomic mass is 19.1. The molecule has 1 aromatic rings. The number of anilines is 1. The van der Waals surface area contributed by atoms with Crippen LogP contribution in [0.5, 0.6) is 0 Å². The van der Waals surface area contributed by atoms with Crippen LogP contribution >= 0.6 is 0 Å². The number of carbonyl (C=O) groups is 2. The molecule has 1 fully saturated rings. The van der Waals surface area contributed by atoms with Crippen molar-refractivity contribution in [3.8, 4) is 0 Å². The average Bonchev–Trinajstić information content (AvgIpc) is 2.37. The molecule has 1 saturated heterocycles. The average molecular weight is 300 g/mol. The molecule has 1 atom stereocenters. The van der Waals surface area contributed by atoms with Crippen molar-refractivity contribution in [3.63, 3.8) is 0 Å². The van der Waals surface area contributed by atoms with E-state index in [-0.39, 0.29) is 31.9 Å². The lowest BCUT2D eigenvalue weighted by Crippen LogP contribution is -2.51. The highest BCUT2D eigenvalue weighted by molar-refractivity contribution is 5.90. The molecule has 2 N–H and O–H groups in total. The number of carbonyl (C=O) groups excluding carboxylic acids is 1. The zero-order valence-corrected chi connectivity index (χ0v) is 11.0. The Kier molecular flexibility index (Phi) is 4.69. The summed E-state index contributed by atoms with van der Waals surface area (Å²) >= 11 is 0. The third kappa shape index (κ3) is 4.12. The summed E-state index contributed by atoms with van der Waals surface area (Å²) < 4.78 is 31.3. The van der Waals surface area contributed by atoms with Crippen LogP contribution in [0.15, 0.2) is 18.2 Å². The maximum Gasteiger partial charge on any atom is 0.322 e. The standard InChI is InChI=1S/C13H14F2N2O4/c14-8-3-9(15)5-10(4-8)16-13(20)17-1-2-21-7-11(17)6-12(18)19/h3-5,11H,1-2,6-7H2,(H,16,20)(H,18,19). The number of hydrogen-bond acceptors (Lipinski definition) is 3. The maximum absolute atomic E-state index is 13.1. The van der Waals surface area contributed by atoms with E-state index in [0.29, 0.717) is 6.07 Å². The molecule has 1 heterocycles. The predicted molar refractivity (Wildman–Crippen MR) is 68.9 cm³/mol. The van der Waals surface area contributed by atoms with Gasteiger partial charge < -0.3 is 20.1 Å². The maximum atomic E-state index is 13.1. The topological polar surface area (TPSA) is 78.9 Å². The smallest absolute Gasteiger partial charge is 0.322 e. The Hall–Kier alpha value is -2.22. The largest absolute Gasteiger partial charge is 0.481 e. The Balaban J connectivity index is 2.08. The molecule has 0 aromatic heterocycles. The lowest BCUT2D eigenvalue weighted by Gasteiger charge is -2.34. The van der Waals surface area contributed by atoms with Gasteiger partial charge in [-0.1, -0.05) is 0 Å². The van der Waals surface area contributed by atoms with E-state index in [2.05, 4.69) is 5.32 Å². The van der Waals surface area contributed by atoms with Gasteiger partial charge in [0.05, 0.1) is 25.7 Å². The Morgan fingerprint density at radius 2 is 2.00 bits per heavy atom. The van der Waals surface area contributed by atoms with Crippen molar-refractivity contribution in [1.29, 1.82) is 0 Å². The number of ether oxygens (including phenoxy) is 1. The van der Waals surface area contributed by atoms with Crippen LogP contribution in [0, 0.1) is 11.6 Å². The SMILES string of the molecule is O=C(O)CC1COCCN1C(=O)Nc1cc(F)cc(F)c1. The Morgan fingerprint density at radius 3 is 2.62 bits per heavy atom. The lowest BCUT2D eigenvalue weighted by atomic mass is 10.1. The minimum atomic E-state index is -1.06. The highest BCUT2D eigenvalue weighted by Crippen LogP contribution is 2.16. The van der Waals surface area contributed by atoms with Gasteiger partial charge in [0.15, 0.2) is 0 Å². The summed E-state index contributed by atoms with van der Waals surface area (Å²) in [6, 6.07) is 1.42. The minimum absolute atomic E-state index is 0.0296. The second-order valence-corrected chi connectivity index (χ2v) is 4.61. The molecular formula is C13H14F2N2O4. The summed E-state index contributed by atoms with van der Waals surface area (Å²) in [5.41, 5.74) is -0.0296. The molecule has 1 aliphatic rings. The van der Waals surface area contributed by atoms with Crippen LogP contribution in [0.2, 0.25) is 0 Å². The molecule has 1 aromatic carbocycles. The molecule has 8 heteroatoms. The van der Waals surface area contributed by atoms with E-state index in [1.807, 2.05) is 0 Å². The van der Waals surface area contributed by atoms with E-state index in [4.69, 9.17) is 9.84 Å². The molecule has 0 bridgehead atoms. The third-order valence-electron chi connectivity index (χ3n) is 3.01. The molecule has 0 saturated carbocycles. The number of hydrogen-bond donors (Lipinski definition) is 2. The van der Waals surface area contributed by atoms with Crippen LogP contribution in [0.4, 0.5) is 19.3 Å². The van der Waals surface area contributed by atoms with Crippen LogP contribution in [-0.4, -0.2) is 47.8 Å². The van der Waals surface area contributed by atoms with Crippen molar-refractivity contribution in [1.82, 2.24) is 4.90 Å². The first-order chi connectivity index (χ1) is 9.95. The number of nitrogens with zero attached hydrogens (tertiary/aromatic N) is 1. The summed E-state index contributed by atoms with van der Waals surface area (Å²) in [4.78, 5) is 24.2. The molecule has 1 aliphatic heterocycles. The van der Waals surface area contributed by atoms with Gasteiger partial charge in [0.25, 0.3) is 0 Å². The lowest BCUT2D eigenvalue weighted by molar-refractivity contribution is -0.139. The predicted octanol–water partition coefficient (Wildman–Crippen LogP) is 1.67. The van der Waals surface area contributed by atoms with E-state index in [0.717, 1.165) is 12.1 Å². The molecule has 1 unspecified atom stereocenters. The number of amides is 2. The molecular weight excluding hydrogens is 286 g/mol. The second-order valence-electron chi connectivity index (χ2n) is 4.61. The number of aliphatic carboxylic acids is 1. The van der Waals surface area contributed by atoms with E-state index in [1.54, 1.807) is 0 Å². The number of rotatable bonds is 3. The van der Waals surface area contributed by atoms with Crippen molar-refractivity contribution in [2.24, 2.45) is 0 Å². The van der Waals surface area contributed by atoms with E-state index in [1.165, 1.54) is 4.90 Å². The molecule has 2 rings (SSSR count). The van der Waals surface area contributed by atoms with Crippen LogP contribution in [0.25, 0.3) is 0 Å². The van der Waals surface area contributed by atoms with Crippen molar-refractivity contribution in [2.45, 2.75) is 12.5 Å². The minimum Gasteiger partial charge on any atom is -0.481 e. The van der Waals surface area contributed by atoms with Gasteiger partial charge in [-0.2, -0.15) is 0 Å². The number of benzene rings is 1. The van der Waals surface area contributed by atoms with Crippen LogP contribution in [0.1, 0.15) is 6.42 Å². The van der Waals surface area contributed by atoms with E-state index >= 15 is 0 Å². The molecule has 6 nitrogen and oxygen atoms in total. The van der Waals surface area contributed by atoms with Gasteiger partial charge in [-0.15, -0.1) is 0 Å². The van der Waals surface area contributed by atoms with Gasteiger partial charge in [-0.25, -0.2) is 13.6 Å². The zero-order valence-electron chi connectivity index (χ0n) is 11.0. The fourth-order valence-corrected chi connectivity index (χ4v) is 2.11. The quantitative estimate of drug-likeness (QED) is 0.890. The number of halogens is 2. The normalized spacial score (nSPS) is 18.4. The first-order valence-corrected chi connectivity index (χ1v) is 6.29. The van der Waals surface area contributed by atoms with Crippen molar-refractivity contribution in [3.05, 3.63) is 29.8 Å². The Morgan fingerprint density at radius 1 is 1.33 bits per heavy atom. The first-order valence-electron chi connectivity index (χ1n) is 6.29. The molecule has 0 aliphatic carbocycles. The van der Waals surface area contributed by atoms with Crippen molar-refractivity contribution in [2.75, 3.05) is 25.1 Å². The Labute approximate surface area is 119 Å². The van der Waals surface area contributed by atoms with Gasteiger partial charge in [-0.3, -0.25) is 4.79 Å². The molecule has 114 valence electrons. The zero-order chi connectivity index (χ0) is 15.4. The fraction of sp³-hybridized carbons (Fsp3) is 0.385. The summed E-state index contributed by atoms with van der Waals surface area (Å²) in [7, 11) is 0. The molecule has 2 amide bonds. The number of carboxylic acid groups (broad SMARTS) is 1. The van der Waals surface area contributed by atoms with Crippen LogP contribution < -0.4 is 5.32 Å². The van der Waals surface area contributed by atoms with Gasteiger partial charge >= 0.3 is 12.0 Å². The number of nitrogens with one attached hydrogen (secondary N) is 1. The molecule has 21 heavy (non-hydrogen) atoms. The van der Waals surface area contributed by atoms with Crippen molar-refractivity contribution < 1.29 is 28.2 Å². The van der Waals surface area contributed by atoms with Gasteiger partial charge in [0.2, 0.25) is 0 Å². The Bertz CT molecular complexity index is 533. The van der Waals surface area contributed by atoms with Crippen LogP contribution in [-0.2, 0) is 9.53 Å². The number of urea groups is 1. The highest BCUT2D eigenvalue weighted by Gasteiger charge is 2.29. The monoisotopic (exact) mass is 300 g/mol. The third-order valence-corrected chi connectivity index (χ3v) is 3.01. The van der Waals surface area contributed by atoms with E-state index < -0.39 is 29.7 Å². The van der Waals surface area contributed by atoms with Crippen molar-refractivity contribution >= 4 is 17.7 Å². The van der Waals surface area contributed by atoms with Gasteiger partial charge in [-0.05, 0) is 12.1 Å². The summed E-state index contributed by atoms with van der Waals surface area (Å²) in [6.45, 7) is 0.597. The van der Waals surface area contributed by atoms with Gasteiger partial charge in [0.1, 0.15) is 11.6 Å². The van der Waals surface area contributed by atoms with Gasteiger partial charge in [0, 0.05) is 18.3 Å². The number of morpholine rings is 1. The fourth-order valence-electron chi connectivity index (χ4n) is 2.11. The first kappa shape index (κ1) is 15.2.